The Kier molecular flexibility index (Phi) is 4.18. The van der Waals surface area contributed by atoms with Gasteiger partial charge in [0.05, 0.1) is 0 Å². The summed E-state index contributed by atoms with van der Waals surface area (Å²) in [6.45, 7) is 3.72. The molecule has 0 aromatic heterocycles. The third-order valence-corrected chi connectivity index (χ3v) is 2.38. The minimum absolute atomic E-state index is 0.885. The van der Waals surface area contributed by atoms with Crippen LogP contribution >= 0.6 is 12.0 Å². The molecule has 1 fully saturated rings. The van der Waals surface area contributed by atoms with E-state index in [1.54, 1.807) is 0 Å². The second kappa shape index (κ2) is 4.99. The van der Waals surface area contributed by atoms with Crippen molar-refractivity contribution in [2.75, 3.05) is 25.4 Å². The monoisotopic (exact) mass is 161 g/mol. The molecule has 1 aliphatic heterocycles. The quantitative estimate of drug-likeness (QED) is 0.501. The number of rotatable bonds is 4. The molecule has 1 aliphatic rings. The van der Waals surface area contributed by atoms with E-state index in [4.69, 9.17) is 4.55 Å². The summed E-state index contributed by atoms with van der Waals surface area (Å²) in [7, 11) is 0. The zero-order valence-corrected chi connectivity index (χ0v) is 7.07. The molecule has 0 saturated carbocycles. The van der Waals surface area contributed by atoms with E-state index in [0.29, 0.717) is 0 Å². The van der Waals surface area contributed by atoms with Crippen LogP contribution in [0, 0.1) is 0 Å². The summed E-state index contributed by atoms with van der Waals surface area (Å²) < 4.78 is 8.44. The SMILES string of the molecule is OSCCCN1CCCC1. The molecular weight excluding hydrogens is 146 g/mol. The summed E-state index contributed by atoms with van der Waals surface area (Å²) in [6.07, 6.45) is 3.86. The molecule has 0 unspecified atom stereocenters. The van der Waals surface area contributed by atoms with E-state index in [0.717, 1.165) is 24.2 Å². The van der Waals surface area contributed by atoms with Gasteiger partial charge in [0.1, 0.15) is 0 Å². The van der Waals surface area contributed by atoms with E-state index in [9.17, 15) is 0 Å². The Morgan fingerprint density at radius 1 is 1.30 bits per heavy atom. The predicted molar refractivity (Wildman–Crippen MR) is 45.4 cm³/mol. The van der Waals surface area contributed by atoms with E-state index < -0.39 is 0 Å². The Bertz CT molecular complexity index is 83.7. The first kappa shape index (κ1) is 8.37. The van der Waals surface area contributed by atoms with Gasteiger partial charge in [-0.25, -0.2) is 0 Å². The molecule has 60 valence electrons. The molecule has 0 spiro atoms. The van der Waals surface area contributed by atoms with Gasteiger partial charge in [-0.3, -0.25) is 0 Å². The predicted octanol–water partition coefficient (Wildman–Crippen LogP) is 1.68. The molecule has 0 atom stereocenters. The van der Waals surface area contributed by atoms with Crippen LogP contribution in [0.1, 0.15) is 19.3 Å². The van der Waals surface area contributed by atoms with E-state index in [1.165, 1.54) is 32.5 Å². The van der Waals surface area contributed by atoms with Crippen LogP contribution in [-0.2, 0) is 0 Å². The van der Waals surface area contributed by atoms with Crippen molar-refractivity contribution in [3.63, 3.8) is 0 Å². The number of nitrogens with zero attached hydrogens (tertiary/aromatic N) is 1. The van der Waals surface area contributed by atoms with Crippen molar-refractivity contribution in [1.29, 1.82) is 0 Å². The molecule has 3 heteroatoms. The van der Waals surface area contributed by atoms with Gasteiger partial charge < -0.3 is 9.45 Å². The Hall–Kier alpha value is 0.270. The molecule has 0 radical (unpaired) electrons. The van der Waals surface area contributed by atoms with Crippen LogP contribution in [0.5, 0.6) is 0 Å². The third kappa shape index (κ3) is 2.90. The molecule has 1 saturated heterocycles. The highest BCUT2D eigenvalue weighted by atomic mass is 32.2. The van der Waals surface area contributed by atoms with Gasteiger partial charge in [-0.2, -0.15) is 0 Å². The first-order valence-electron chi connectivity index (χ1n) is 3.92. The van der Waals surface area contributed by atoms with Crippen LogP contribution in [0.15, 0.2) is 0 Å². The normalized spacial score (nSPS) is 20.1. The first-order valence-corrected chi connectivity index (χ1v) is 4.86. The zero-order chi connectivity index (χ0) is 7.23. The average Bonchev–Trinajstić information content (AvgIpc) is 2.41. The van der Waals surface area contributed by atoms with E-state index in [2.05, 4.69) is 4.90 Å². The minimum Gasteiger partial charge on any atom is -0.330 e. The average molecular weight is 161 g/mol. The summed E-state index contributed by atoms with van der Waals surface area (Å²) in [5.74, 6) is 0.885. The van der Waals surface area contributed by atoms with E-state index in [1.807, 2.05) is 0 Å². The van der Waals surface area contributed by atoms with Crippen LogP contribution in [0.3, 0.4) is 0 Å². The van der Waals surface area contributed by atoms with Gasteiger partial charge in [-0.05, 0) is 50.9 Å². The number of hydrogen-bond acceptors (Lipinski definition) is 3. The Morgan fingerprint density at radius 3 is 2.60 bits per heavy atom. The Morgan fingerprint density at radius 2 is 2.00 bits per heavy atom. The fourth-order valence-corrected chi connectivity index (χ4v) is 1.62. The zero-order valence-electron chi connectivity index (χ0n) is 6.25. The topological polar surface area (TPSA) is 23.5 Å². The summed E-state index contributed by atoms with van der Waals surface area (Å²) in [5.41, 5.74) is 0. The lowest BCUT2D eigenvalue weighted by Crippen LogP contribution is -2.20. The first-order chi connectivity index (χ1) is 4.93. The fourth-order valence-electron chi connectivity index (χ4n) is 1.36. The van der Waals surface area contributed by atoms with Crippen molar-refractivity contribution in [2.24, 2.45) is 0 Å². The number of hydrogen-bond donors (Lipinski definition) is 1. The van der Waals surface area contributed by atoms with Gasteiger partial charge in [0.25, 0.3) is 0 Å². The largest absolute Gasteiger partial charge is 0.330 e. The summed E-state index contributed by atoms with van der Waals surface area (Å²) in [6, 6.07) is 0. The Labute approximate surface area is 66.8 Å². The Balaban J connectivity index is 1.91. The van der Waals surface area contributed by atoms with Crippen molar-refractivity contribution in [3.8, 4) is 0 Å². The lowest BCUT2D eigenvalue weighted by Gasteiger charge is -2.12. The van der Waals surface area contributed by atoms with Gasteiger partial charge in [-0.1, -0.05) is 0 Å². The minimum atomic E-state index is 0.885. The molecule has 10 heavy (non-hydrogen) atoms. The van der Waals surface area contributed by atoms with E-state index in [-0.39, 0.29) is 0 Å². The second-order valence-electron chi connectivity index (χ2n) is 2.74. The van der Waals surface area contributed by atoms with Gasteiger partial charge in [0.2, 0.25) is 0 Å². The molecule has 1 N–H and O–H groups in total. The molecule has 1 rings (SSSR count). The highest BCUT2D eigenvalue weighted by Crippen LogP contribution is 2.08. The second-order valence-corrected chi connectivity index (χ2v) is 3.40. The molecule has 0 aromatic rings. The van der Waals surface area contributed by atoms with Gasteiger partial charge in [0, 0.05) is 5.75 Å². The van der Waals surface area contributed by atoms with Crippen LogP contribution in [0.2, 0.25) is 0 Å². The molecule has 0 aliphatic carbocycles. The van der Waals surface area contributed by atoms with Crippen molar-refractivity contribution in [1.82, 2.24) is 4.90 Å². The van der Waals surface area contributed by atoms with Crippen molar-refractivity contribution in [3.05, 3.63) is 0 Å². The third-order valence-electron chi connectivity index (χ3n) is 1.91. The van der Waals surface area contributed by atoms with Gasteiger partial charge >= 0.3 is 0 Å². The van der Waals surface area contributed by atoms with Crippen molar-refractivity contribution in [2.45, 2.75) is 19.3 Å². The van der Waals surface area contributed by atoms with Crippen LogP contribution < -0.4 is 0 Å². The maximum absolute atomic E-state index is 8.44. The summed E-state index contributed by atoms with van der Waals surface area (Å²) in [4.78, 5) is 2.47. The highest BCUT2D eigenvalue weighted by molar-refractivity contribution is 7.93. The molecule has 2 nitrogen and oxygen atoms in total. The van der Waals surface area contributed by atoms with E-state index >= 15 is 0 Å². The summed E-state index contributed by atoms with van der Waals surface area (Å²) >= 11 is 0.958. The lowest BCUT2D eigenvalue weighted by atomic mass is 10.4. The standard InChI is InChI=1S/C7H15NOS/c9-10-7-3-6-8-4-1-2-5-8/h9H,1-7H2. The van der Waals surface area contributed by atoms with Crippen LogP contribution in [0.25, 0.3) is 0 Å². The van der Waals surface area contributed by atoms with Crippen LogP contribution in [-0.4, -0.2) is 34.8 Å². The maximum atomic E-state index is 8.44. The van der Waals surface area contributed by atoms with Crippen LogP contribution in [0.4, 0.5) is 0 Å². The van der Waals surface area contributed by atoms with Gasteiger partial charge in [0.15, 0.2) is 0 Å². The fraction of sp³-hybridized carbons (Fsp3) is 1.00. The summed E-state index contributed by atoms with van der Waals surface area (Å²) in [5, 5.41) is 0. The van der Waals surface area contributed by atoms with Crippen molar-refractivity contribution < 1.29 is 4.55 Å². The molecule has 0 bridgehead atoms. The molecular formula is C7H15NOS. The van der Waals surface area contributed by atoms with Gasteiger partial charge in [-0.15, -0.1) is 0 Å². The maximum Gasteiger partial charge on any atom is 0.0207 e. The highest BCUT2D eigenvalue weighted by Gasteiger charge is 2.09. The number of likely N-dealkylation sites (tertiary alicyclic amines) is 1. The van der Waals surface area contributed by atoms with Crippen molar-refractivity contribution >= 4 is 12.0 Å². The molecule has 0 aromatic carbocycles. The smallest absolute Gasteiger partial charge is 0.0207 e. The lowest BCUT2D eigenvalue weighted by molar-refractivity contribution is 0.340. The molecule has 0 amide bonds. The molecule has 1 heterocycles.